The van der Waals surface area contributed by atoms with E-state index in [1.165, 1.54) is 29.6 Å². The molecule has 200 valence electrons. The Balaban J connectivity index is 0.00000127. The highest BCUT2D eigenvalue weighted by Gasteiger charge is 2.34. The Bertz CT molecular complexity index is 1310. The molecule has 1 aliphatic rings. The summed E-state index contributed by atoms with van der Waals surface area (Å²) in [5, 5.41) is 2.75. The van der Waals surface area contributed by atoms with E-state index in [2.05, 4.69) is 36.8 Å². The number of carbonyl (C=O) groups is 1. The van der Waals surface area contributed by atoms with Crippen LogP contribution in [0.4, 0.5) is 19.0 Å². The molecule has 1 saturated heterocycles. The number of ether oxygens (including phenoxy) is 1. The highest BCUT2D eigenvalue weighted by atomic mass is 19.4. The predicted octanol–water partition coefficient (Wildman–Crippen LogP) is 4.05. The number of nitrogens with two attached hydrogens (primary N) is 1. The van der Waals surface area contributed by atoms with Crippen LogP contribution in [-0.2, 0) is 6.42 Å². The van der Waals surface area contributed by atoms with Gasteiger partial charge in [0, 0.05) is 30.4 Å². The van der Waals surface area contributed by atoms with Gasteiger partial charge in [0.2, 0.25) is 0 Å². The molecule has 3 N–H and O–H groups in total. The van der Waals surface area contributed by atoms with Crippen LogP contribution in [0.25, 0.3) is 11.3 Å². The lowest BCUT2D eigenvalue weighted by Crippen LogP contribution is -2.29. The lowest BCUT2D eigenvalue weighted by Gasteiger charge is -2.19. The van der Waals surface area contributed by atoms with Crippen LogP contribution in [0.2, 0.25) is 0 Å². The molecule has 0 radical (unpaired) electrons. The first-order valence-corrected chi connectivity index (χ1v) is 12.0. The third-order valence-corrected chi connectivity index (χ3v) is 5.48. The van der Waals surface area contributed by atoms with Crippen molar-refractivity contribution in [2.24, 2.45) is 0 Å². The minimum atomic E-state index is -4.97. The zero-order chi connectivity index (χ0) is 27.7. The molecule has 0 bridgehead atoms. The molecule has 3 aromatic rings. The van der Waals surface area contributed by atoms with Crippen molar-refractivity contribution in [3.63, 3.8) is 0 Å². The van der Waals surface area contributed by atoms with E-state index in [1.54, 1.807) is 18.2 Å². The molecule has 1 aliphatic heterocycles. The molecule has 0 aliphatic carbocycles. The van der Waals surface area contributed by atoms with Gasteiger partial charge in [-0.15, -0.1) is 13.2 Å². The smallest absolute Gasteiger partial charge is 0.405 e. The highest BCUT2D eigenvalue weighted by Crippen LogP contribution is 2.33. The molecule has 4 rings (SSSR count). The molecule has 0 atom stereocenters. The number of amides is 1. The Hall–Kier alpha value is -4.17. The van der Waals surface area contributed by atoms with E-state index in [9.17, 15) is 18.0 Å². The number of carbonyl (C=O) groups excluding carboxylic acids is 1. The summed E-state index contributed by atoms with van der Waals surface area (Å²) in [5.74, 6) is 5.27. The number of halogens is 3. The number of aromatic nitrogens is 3. The Labute approximate surface area is 219 Å². The van der Waals surface area contributed by atoms with Crippen molar-refractivity contribution in [3.05, 3.63) is 65.2 Å². The van der Waals surface area contributed by atoms with Crippen LogP contribution in [-0.4, -0.2) is 59.3 Å². The van der Waals surface area contributed by atoms with E-state index in [0.29, 0.717) is 53.4 Å². The first-order chi connectivity index (χ1) is 18.2. The Morgan fingerprint density at radius 1 is 1.11 bits per heavy atom. The number of hydrogen-bond donors (Lipinski definition) is 2. The monoisotopic (exact) mass is 526 g/mol. The number of anilines is 1. The molecule has 3 heterocycles. The molecule has 1 amide bonds. The summed E-state index contributed by atoms with van der Waals surface area (Å²) >= 11 is 0. The van der Waals surface area contributed by atoms with Gasteiger partial charge in [0.25, 0.3) is 5.91 Å². The molecule has 0 saturated carbocycles. The van der Waals surface area contributed by atoms with Gasteiger partial charge in [0.05, 0.1) is 22.5 Å². The molecule has 1 aromatic carbocycles. The van der Waals surface area contributed by atoms with Crippen LogP contribution in [0.5, 0.6) is 5.75 Å². The summed E-state index contributed by atoms with van der Waals surface area (Å²) in [6.45, 7) is 2.88. The van der Waals surface area contributed by atoms with Crippen LogP contribution in [0.1, 0.15) is 46.9 Å². The summed E-state index contributed by atoms with van der Waals surface area (Å²) in [6, 6.07) is 7.38. The van der Waals surface area contributed by atoms with Crippen molar-refractivity contribution < 1.29 is 22.7 Å². The highest BCUT2D eigenvalue weighted by molar-refractivity contribution is 5.98. The van der Waals surface area contributed by atoms with Crippen molar-refractivity contribution in [2.75, 3.05) is 32.9 Å². The second-order valence-corrected chi connectivity index (χ2v) is 8.38. The zero-order valence-electron chi connectivity index (χ0n) is 21.4. The minimum Gasteiger partial charge on any atom is -0.405 e. The van der Waals surface area contributed by atoms with Gasteiger partial charge in [-0.05, 0) is 57.6 Å². The fraction of sp³-hybridized carbons (Fsp3) is 0.333. The Morgan fingerprint density at radius 3 is 2.42 bits per heavy atom. The number of nitrogens with zero attached hydrogens (tertiary/aromatic N) is 4. The number of aryl methyl sites for hydroxylation is 1. The summed E-state index contributed by atoms with van der Waals surface area (Å²) in [7, 11) is 3.75. The number of nitrogen functional groups attached to an aromatic ring is 1. The van der Waals surface area contributed by atoms with E-state index in [1.807, 2.05) is 21.0 Å². The van der Waals surface area contributed by atoms with Crippen molar-refractivity contribution in [1.82, 2.24) is 25.2 Å². The van der Waals surface area contributed by atoms with Crippen LogP contribution in [0, 0.1) is 11.8 Å². The largest absolute Gasteiger partial charge is 0.573 e. The summed E-state index contributed by atoms with van der Waals surface area (Å²) < 4.78 is 43.9. The fourth-order valence-corrected chi connectivity index (χ4v) is 3.80. The van der Waals surface area contributed by atoms with Crippen molar-refractivity contribution in [2.45, 2.75) is 32.5 Å². The van der Waals surface area contributed by atoms with Gasteiger partial charge in [0.1, 0.15) is 17.9 Å². The second-order valence-electron chi connectivity index (χ2n) is 8.38. The summed E-state index contributed by atoms with van der Waals surface area (Å²) in [5.41, 5.74) is 7.80. The SMILES string of the molecule is CCc1ncnc(-c2ccc(C(=O)N3CCCC3)c(OC(F)(F)F)c2)c1C#Cc1ccc(N)nc1.CNC. The van der Waals surface area contributed by atoms with Gasteiger partial charge in [0.15, 0.2) is 0 Å². The number of pyridine rings is 1. The number of benzene rings is 1. The number of rotatable bonds is 4. The van der Waals surface area contributed by atoms with Gasteiger partial charge >= 0.3 is 6.36 Å². The average molecular weight is 527 g/mol. The van der Waals surface area contributed by atoms with Gasteiger partial charge in [-0.1, -0.05) is 24.8 Å². The lowest BCUT2D eigenvalue weighted by molar-refractivity contribution is -0.274. The van der Waals surface area contributed by atoms with Gasteiger partial charge < -0.3 is 20.7 Å². The van der Waals surface area contributed by atoms with E-state index in [4.69, 9.17) is 5.73 Å². The van der Waals surface area contributed by atoms with Crippen LogP contribution < -0.4 is 15.8 Å². The molecule has 0 spiro atoms. The number of hydrogen-bond acceptors (Lipinski definition) is 7. The lowest BCUT2D eigenvalue weighted by atomic mass is 10.0. The van der Waals surface area contributed by atoms with Crippen molar-refractivity contribution in [3.8, 4) is 28.8 Å². The minimum absolute atomic E-state index is 0.154. The third kappa shape index (κ3) is 7.43. The third-order valence-electron chi connectivity index (χ3n) is 5.48. The fourth-order valence-electron chi connectivity index (χ4n) is 3.80. The maximum Gasteiger partial charge on any atom is 0.573 e. The number of alkyl halides is 3. The van der Waals surface area contributed by atoms with Crippen molar-refractivity contribution in [1.29, 1.82) is 0 Å². The van der Waals surface area contributed by atoms with Gasteiger partial charge in [-0.25, -0.2) is 15.0 Å². The van der Waals surface area contributed by atoms with E-state index < -0.39 is 18.0 Å². The Morgan fingerprint density at radius 2 is 1.82 bits per heavy atom. The predicted molar refractivity (Wildman–Crippen MR) is 138 cm³/mol. The standard InChI is InChI=1S/C25H22F3N5O2.C2H7N/c1-2-20-18(8-5-16-6-10-22(29)30-14-16)23(32-15-31-20)17-7-9-19(21(13-17)35-25(26,27)28)24(34)33-11-3-4-12-33;1-3-2/h6-7,9-10,13-15H,2-4,11-12H2,1H3,(H2,29,30);3H,1-2H3. The number of nitrogens with one attached hydrogen (secondary N) is 1. The average Bonchev–Trinajstić information content (AvgIpc) is 3.42. The molecule has 1 fully saturated rings. The first kappa shape index (κ1) is 28.4. The van der Waals surface area contributed by atoms with E-state index in [0.717, 1.165) is 12.8 Å². The molecular formula is C27H29F3N6O2. The normalized spacial score (nSPS) is 12.7. The van der Waals surface area contributed by atoms with Crippen LogP contribution in [0.3, 0.4) is 0 Å². The van der Waals surface area contributed by atoms with E-state index >= 15 is 0 Å². The van der Waals surface area contributed by atoms with Gasteiger partial charge in [-0.2, -0.15) is 0 Å². The van der Waals surface area contributed by atoms with Crippen LogP contribution in [0.15, 0.2) is 42.9 Å². The molecule has 38 heavy (non-hydrogen) atoms. The molecule has 8 nitrogen and oxygen atoms in total. The Kier molecular flexibility index (Phi) is 9.62. The zero-order valence-corrected chi connectivity index (χ0v) is 21.4. The maximum atomic E-state index is 13.2. The van der Waals surface area contributed by atoms with Gasteiger partial charge in [-0.3, -0.25) is 4.79 Å². The topological polar surface area (TPSA) is 106 Å². The maximum absolute atomic E-state index is 13.2. The second kappa shape index (κ2) is 12.9. The van der Waals surface area contributed by atoms with Crippen molar-refractivity contribution >= 4 is 11.7 Å². The molecule has 11 heteroatoms. The quantitative estimate of drug-likeness (QED) is 0.494. The van der Waals surface area contributed by atoms with Crippen LogP contribution >= 0.6 is 0 Å². The van der Waals surface area contributed by atoms with E-state index in [-0.39, 0.29) is 5.56 Å². The summed E-state index contributed by atoms with van der Waals surface area (Å²) in [4.78, 5) is 27.0. The molecular weight excluding hydrogens is 497 g/mol. The first-order valence-electron chi connectivity index (χ1n) is 12.0. The number of likely N-dealkylation sites (tertiary alicyclic amines) is 1. The molecule has 2 aromatic heterocycles. The molecule has 0 unspecified atom stereocenters. The summed E-state index contributed by atoms with van der Waals surface area (Å²) in [6.07, 6.45) is 0.0287.